The van der Waals surface area contributed by atoms with Crippen LogP contribution in [-0.4, -0.2) is 59.6 Å². The predicted molar refractivity (Wildman–Crippen MR) is 36.6 cm³/mol. The summed E-state index contributed by atoms with van der Waals surface area (Å²) in [6.07, 6.45) is 0. The third-order valence-electron chi connectivity index (χ3n) is 2.40. The zero-order valence-electron chi connectivity index (χ0n) is 6.33. The van der Waals surface area contributed by atoms with E-state index in [0.29, 0.717) is 0 Å². The van der Waals surface area contributed by atoms with Crippen LogP contribution in [-0.2, 0) is 22.4 Å². The molecular formula is C6H12AgN4. The molecule has 4 aliphatic heterocycles. The molecule has 0 saturated carbocycles. The molecule has 67 valence electrons. The number of hydrogen-bond acceptors (Lipinski definition) is 4. The minimum atomic E-state index is 0. The molecule has 0 unspecified atom stereocenters. The summed E-state index contributed by atoms with van der Waals surface area (Å²) in [5.41, 5.74) is 0. The summed E-state index contributed by atoms with van der Waals surface area (Å²) < 4.78 is 0. The fourth-order valence-corrected chi connectivity index (χ4v) is 2.23. The fourth-order valence-electron chi connectivity index (χ4n) is 2.23. The molecule has 0 aromatic carbocycles. The maximum absolute atomic E-state index is 2.47. The Labute approximate surface area is 82.2 Å². The molecule has 0 aliphatic carbocycles. The third kappa shape index (κ3) is 1.29. The predicted octanol–water partition coefficient (Wildman–Crippen LogP) is -1.02. The average molecular weight is 248 g/mol. The maximum Gasteiger partial charge on any atom is 0.0555 e. The van der Waals surface area contributed by atoms with Crippen molar-refractivity contribution >= 4 is 0 Å². The van der Waals surface area contributed by atoms with Gasteiger partial charge in [0.25, 0.3) is 0 Å². The Balaban J connectivity index is 0.000000480. The summed E-state index contributed by atoms with van der Waals surface area (Å²) in [4.78, 5) is 9.88. The molecule has 4 fully saturated rings. The molecule has 4 rings (SSSR count). The van der Waals surface area contributed by atoms with Gasteiger partial charge in [0.15, 0.2) is 0 Å². The van der Waals surface area contributed by atoms with E-state index in [9.17, 15) is 0 Å². The largest absolute Gasteiger partial charge is 0.264 e. The topological polar surface area (TPSA) is 13.0 Å². The van der Waals surface area contributed by atoms with Crippen LogP contribution in [0.4, 0.5) is 0 Å². The molecule has 4 bridgehead atoms. The van der Waals surface area contributed by atoms with Crippen LogP contribution in [0, 0.1) is 0 Å². The maximum atomic E-state index is 2.47. The Bertz CT molecular complexity index is 106. The molecule has 0 amide bonds. The third-order valence-corrected chi connectivity index (χ3v) is 2.40. The first kappa shape index (κ1) is 8.19. The van der Waals surface area contributed by atoms with Crippen molar-refractivity contribution in [1.82, 2.24) is 19.6 Å². The molecule has 0 N–H and O–H groups in total. The van der Waals surface area contributed by atoms with E-state index in [2.05, 4.69) is 19.6 Å². The van der Waals surface area contributed by atoms with Gasteiger partial charge in [-0.2, -0.15) is 0 Å². The van der Waals surface area contributed by atoms with Crippen LogP contribution in [0.3, 0.4) is 0 Å². The van der Waals surface area contributed by atoms with Crippen molar-refractivity contribution in [2.24, 2.45) is 0 Å². The van der Waals surface area contributed by atoms with Crippen molar-refractivity contribution in [2.75, 3.05) is 40.0 Å². The van der Waals surface area contributed by atoms with E-state index >= 15 is 0 Å². The van der Waals surface area contributed by atoms with E-state index in [4.69, 9.17) is 0 Å². The van der Waals surface area contributed by atoms with Gasteiger partial charge in [0.05, 0.1) is 40.0 Å². The Morgan fingerprint density at radius 3 is 0.818 bits per heavy atom. The number of hydrogen-bond donors (Lipinski definition) is 0. The minimum absolute atomic E-state index is 0. The molecule has 0 aromatic rings. The van der Waals surface area contributed by atoms with Crippen LogP contribution in [0.25, 0.3) is 0 Å². The smallest absolute Gasteiger partial charge is 0.0555 e. The van der Waals surface area contributed by atoms with Gasteiger partial charge in [0.2, 0.25) is 0 Å². The SMILES string of the molecule is C1N2CN3CN1CN(C2)C3.[Ag]. The first-order valence-electron chi connectivity index (χ1n) is 3.79. The fraction of sp³-hybridized carbons (Fsp3) is 1.00. The van der Waals surface area contributed by atoms with Gasteiger partial charge in [0, 0.05) is 22.4 Å². The number of rotatable bonds is 0. The van der Waals surface area contributed by atoms with Crippen LogP contribution in [0.5, 0.6) is 0 Å². The normalized spacial score (nSPS) is 52.4. The first-order valence-corrected chi connectivity index (χ1v) is 3.79. The molecule has 0 aromatic heterocycles. The molecule has 4 saturated heterocycles. The molecule has 5 heteroatoms. The summed E-state index contributed by atoms with van der Waals surface area (Å²) in [6.45, 7) is 7.12. The van der Waals surface area contributed by atoms with Crippen molar-refractivity contribution < 1.29 is 22.4 Å². The van der Waals surface area contributed by atoms with Crippen LogP contribution < -0.4 is 0 Å². The second kappa shape index (κ2) is 2.81. The Morgan fingerprint density at radius 1 is 0.455 bits per heavy atom. The van der Waals surface area contributed by atoms with Gasteiger partial charge in [-0.3, -0.25) is 19.6 Å². The van der Waals surface area contributed by atoms with Crippen LogP contribution >= 0.6 is 0 Å². The monoisotopic (exact) mass is 247 g/mol. The van der Waals surface area contributed by atoms with E-state index in [1.165, 1.54) is 40.0 Å². The van der Waals surface area contributed by atoms with Gasteiger partial charge in [-0.15, -0.1) is 0 Å². The minimum Gasteiger partial charge on any atom is -0.264 e. The average Bonchev–Trinajstić information content (AvgIpc) is 1.82. The Morgan fingerprint density at radius 2 is 0.636 bits per heavy atom. The Hall–Kier alpha value is 0.580. The number of nitrogens with zero attached hydrogens (tertiary/aromatic N) is 4. The molecule has 11 heavy (non-hydrogen) atoms. The van der Waals surface area contributed by atoms with E-state index in [-0.39, 0.29) is 22.4 Å². The van der Waals surface area contributed by atoms with Crippen LogP contribution in [0.1, 0.15) is 0 Å². The zero-order chi connectivity index (χ0) is 6.55. The summed E-state index contributed by atoms with van der Waals surface area (Å²) in [7, 11) is 0. The standard InChI is InChI=1S/C6H12N4.Ag/c1-7-2-9-4-8(1)5-10(3-7)6-9;/h1-6H2;. The van der Waals surface area contributed by atoms with E-state index < -0.39 is 0 Å². The molecule has 0 atom stereocenters. The van der Waals surface area contributed by atoms with E-state index in [0.717, 1.165) is 0 Å². The molecule has 4 aliphatic rings. The van der Waals surface area contributed by atoms with E-state index in [1.807, 2.05) is 0 Å². The van der Waals surface area contributed by atoms with Crippen molar-refractivity contribution in [2.45, 2.75) is 0 Å². The van der Waals surface area contributed by atoms with Gasteiger partial charge >= 0.3 is 0 Å². The van der Waals surface area contributed by atoms with Crippen molar-refractivity contribution in [3.63, 3.8) is 0 Å². The zero-order valence-corrected chi connectivity index (χ0v) is 7.82. The summed E-state index contributed by atoms with van der Waals surface area (Å²) >= 11 is 0. The van der Waals surface area contributed by atoms with Crippen molar-refractivity contribution in [3.05, 3.63) is 0 Å². The van der Waals surface area contributed by atoms with Gasteiger partial charge < -0.3 is 0 Å². The van der Waals surface area contributed by atoms with Crippen LogP contribution in [0.2, 0.25) is 0 Å². The second-order valence-electron chi connectivity index (χ2n) is 3.53. The molecule has 1 radical (unpaired) electrons. The van der Waals surface area contributed by atoms with E-state index in [1.54, 1.807) is 0 Å². The summed E-state index contributed by atoms with van der Waals surface area (Å²) in [6, 6.07) is 0. The Kier molecular flexibility index (Phi) is 2.09. The van der Waals surface area contributed by atoms with Crippen molar-refractivity contribution in [3.8, 4) is 0 Å². The quantitative estimate of drug-likeness (QED) is 0.508. The molecule has 0 spiro atoms. The van der Waals surface area contributed by atoms with Gasteiger partial charge in [-0.1, -0.05) is 0 Å². The molecule has 4 nitrogen and oxygen atoms in total. The summed E-state index contributed by atoms with van der Waals surface area (Å²) in [5.74, 6) is 0. The van der Waals surface area contributed by atoms with Gasteiger partial charge in [-0.25, -0.2) is 0 Å². The van der Waals surface area contributed by atoms with Crippen LogP contribution in [0.15, 0.2) is 0 Å². The molecular weight excluding hydrogens is 236 g/mol. The van der Waals surface area contributed by atoms with Crippen molar-refractivity contribution in [1.29, 1.82) is 0 Å². The van der Waals surface area contributed by atoms with Gasteiger partial charge in [-0.05, 0) is 0 Å². The van der Waals surface area contributed by atoms with Gasteiger partial charge in [0.1, 0.15) is 0 Å². The first-order chi connectivity index (χ1) is 4.90. The molecule has 4 heterocycles. The second-order valence-corrected chi connectivity index (χ2v) is 3.53. The summed E-state index contributed by atoms with van der Waals surface area (Å²) in [5, 5.41) is 0.